The summed E-state index contributed by atoms with van der Waals surface area (Å²) in [7, 11) is 0. The van der Waals surface area contributed by atoms with Crippen molar-refractivity contribution < 1.29 is 19.1 Å². The quantitative estimate of drug-likeness (QED) is 0.420. The summed E-state index contributed by atoms with van der Waals surface area (Å²) < 4.78 is 10.7. The lowest BCUT2D eigenvalue weighted by molar-refractivity contribution is -0.144. The maximum absolute atomic E-state index is 12.7. The summed E-state index contributed by atoms with van der Waals surface area (Å²) in [5.41, 5.74) is 2.65. The summed E-state index contributed by atoms with van der Waals surface area (Å²) in [4.78, 5) is 26.2. The highest BCUT2D eigenvalue weighted by atomic mass is 16.5. The second-order valence-corrected chi connectivity index (χ2v) is 7.08. The number of hydrogen-bond donors (Lipinski definition) is 0. The van der Waals surface area contributed by atoms with Crippen LogP contribution >= 0.6 is 0 Å². The largest absolute Gasteiger partial charge is 0.484 e. The van der Waals surface area contributed by atoms with E-state index in [0.717, 1.165) is 25.7 Å². The van der Waals surface area contributed by atoms with Crippen LogP contribution in [0, 0.1) is 0 Å². The van der Waals surface area contributed by atoms with Crippen LogP contribution in [0.3, 0.4) is 0 Å². The maximum Gasteiger partial charge on any atom is 0.307 e. The zero-order valence-corrected chi connectivity index (χ0v) is 17.2. The highest BCUT2D eigenvalue weighted by molar-refractivity contribution is 5.78. The molecule has 0 radical (unpaired) electrons. The Morgan fingerprint density at radius 2 is 1.86 bits per heavy atom. The van der Waals surface area contributed by atoms with E-state index in [-0.39, 0.29) is 24.9 Å². The van der Waals surface area contributed by atoms with Gasteiger partial charge in [-0.25, -0.2) is 0 Å². The summed E-state index contributed by atoms with van der Waals surface area (Å²) in [6.07, 6.45) is 9.05. The molecule has 28 heavy (non-hydrogen) atoms. The lowest BCUT2D eigenvalue weighted by Crippen LogP contribution is -2.37. The highest BCUT2D eigenvalue weighted by Crippen LogP contribution is 2.20. The smallest absolute Gasteiger partial charge is 0.307 e. The molecule has 154 valence electrons. The highest BCUT2D eigenvalue weighted by Gasteiger charge is 2.17. The summed E-state index contributed by atoms with van der Waals surface area (Å²) >= 11 is 0. The third-order valence-electron chi connectivity index (χ3n) is 5.03. The van der Waals surface area contributed by atoms with Crippen molar-refractivity contribution >= 4 is 11.9 Å². The first-order chi connectivity index (χ1) is 13.6. The van der Waals surface area contributed by atoms with Crippen LogP contribution in [-0.2, 0) is 20.7 Å². The second kappa shape index (κ2) is 12.2. The third-order valence-corrected chi connectivity index (χ3v) is 5.03. The van der Waals surface area contributed by atoms with Gasteiger partial charge in [0, 0.05) is 13.1 Å². The summed E-state index contributed by atoms with van der Waals surface area (Å²) in [5.74, 6) is 0.319. The number of ether oxygens (including phenoxy) is 2. The van der Waals surface area contributed by atoms with Crippen molar-refractivity contribution in [1.82, 2.24) is 4.90 Å². The van der Waals surface area contributed by atoms with Crippen LogP contribution in [0.2, 0.25) is 0 Å². The molecule has 0 saturated heterocycles. The maximum atomic E-state index is 12.7. The molecule has 0 saturated carbocycles. The van der Waals surface area contributed by atoms with Gasteiger partial charge in [0.25, 0.3) is 5.91 Å². The molecule has 0 atom stereocenters. The van der Waals surface area contributed by atoms with Gasteiger partial charge in [-0.05, 0) is 63.1 Å². The van der Waals surface area contributed by atoms with Crippen molar-refractivity contribution in [3.05, 3.63) is 41.5 Å². The SMILES string of the molecule is CCOC(=O)CCN(CCC1=CCCCC1)C(=O)COc1ccc(CC)cc1. The van der Waals surface area contributed by atoms with Crippen molar-refractivity contribution in [2.75, 3.05) is 26.3 Å². The molecular formula is C23H33NO4. The fourth-order valence-corrected chi connectivity index (χ4v) is 3.29. The van der Waals surface area contributed by atoms with Gasteiger partial charge in [-0.2, -0.15) is 0 Å². The van der Waals surface area contributed by atoms with Gasteiger partial charge in [0.2, 0.25) is 0 Å². The average molecular weight is 388 g/mol. The molecule has 1 aromatic carbocycles. The van der Waals surface area contributed by atoms with Crippen LogP contribution in [-0.4, -0.2) is 43.1 Å². The number of amides is 1. The molecule has 1 aliphatic rings. The van der Waals surface area contributed by atoms with E-state index in [1.165, 1.54) is 24.0 Å². The Bertz CT molecular complexity index is 651. The number of esters is 1. The Morgan fingerprint density at radius 3 is 2.50 bits per heavy atom. The van der Waals surface area contributed by atoms with Crippen LogP contribution < -0.4 is 4.74 Å². The van der Waals surface area contributed by atoms with E-state index in [2.05, 4.69) is 13.0 Å². The van der Waals surface area contributed by atoms with Gasteiger partial charge in [0.15, 0.2) is 6.61 Å². The standard InChI is InChI=1S/C23H33NO4/c1-3-19-10-12-21(13-11-19)28-18-22(25)24(17-15-23(26)27-4-2)16-14-20-8-6-5-7-9-20/h8,10-13H,3-7,9,14-18H2,1-2H3. The minimum Gasteiger partial charge on any atom is -0.484 e. The Hall–Kier alpha value is -2.30. The monoisotopic (exact) mass is 387 g/mol. The zero-order chi connectivity index (χ0) is 20.2. The van der Waals surface area contributed by atoms with E-state index in [4.69, 9.17) is 9.47 Å². The van der Waals surface area contributed by atoms with E-state index in [0.29, 0.717) is 25.4 Å². The van der Waals surface area contributed by atoms with E-state index in [1.54, 1.807) is 11.8 Å². The molecular weight excluding hydrogens is 354 g/mol. The summed E-state index contributed by atoms with van der Waals surface area (Å²) in [6.45, 7) is 5.20. The molecule has 0 fully saturated rings. The van der Waals surface area contributed by atoms with Gasteiger partial charge >= 0.3 is 5.97 Å². The first-order valence-corrected chi connectivity index (χ1v) is 10.5. The predicted octanol–water partition coefficient (Wildman–Crippen LogP) is 4.30. The lowest BCUT2D eigenvalue weighted by Gasteiger charge is -2.24. The number of rotatable bonds is 11. The predicted molar refractivity (Wildman–Crippen MR) is 110 cm³/mol. The van der Waals surface area contributed by atoms with Gasteiger partial charge in [-0.3, -0.25) is 9.59 Å². The van der Waals surface area contributed by atoms with Gasteiger partial charge in [-0.1, -0.05) is 30.7 Å². The molecule has 0 bridgehead atoms. The Kier molecular flexibility index (Phi) is 9.60. The normalized spacial score (nSPS) is 13.6. The molecule has 0 heterocycles. The minimum atomic E-state index is -0.270. The second-order valence-electron chi connectivity index (χ2n) is 7.08. The summed E-state index contributed by atoms with van der Waals surface area (Å²) in [5, 5.41) is 0. The van der Waals surface area contributed by atoms with Gasteiger partial charge in [-0.15, -0.1) is 0 Å². The van der Waals surface area contributed by atoms with Crippen LogP contribution in [0.1, 0.15) is 57.9 Å². The molecule has 1 amide bonds. The first-order valence-electron chi connectivity index (χ1n) is 10.5. The average Bonchev–Trinajstić information content (AvgIpc) is 2.73. The van der Waals surface area contributed by atoms with E-state index in [1.807, 2.05) is 24.3 Å². The molecule has 0 aromatic heterocycles. The number of carbonyl (C=O) groups is 2. The molecule has 2 rings (SSSR count). The number of carbonyl (C=O) groups excluding carboxylic acids is 2. The van der Waals surface area contributed by atoms with Crippen LogP contribution in [0.25, 0.3) is 0 Å². The van der Waals surface area contributed by atoms with Gasteiger partial charge < -0.3 is 14.4 Å². The third kappa shape index (κ3) is 7.75. The van der Waals surface area contributed by atoms with E-state index >= 15 is 0 Å². The topological polar surface area (TPSA) is 55.8 Å². The van der Waals surface area contributed by atoms with Gasteiger partial charge in [0.1, 0.15) is 5.75 Å². The minimum absolute atomic E-state index is 0.0205. The Morgan fingerprint density at radius 1 is 1.07 bits per heavy atom. The number of benzene rings is 1. The Balaban J connectivity index is 1.89. The van der Waals surface area contributed by atoms with Crippen molar-refractivity contribution in [1.29, 1.82) is 0 Å². The van der Waals surface area contributed by atoms with Crippen LogP contribution in [0.4, 0.5) is 0 Å². The molecule has 5 heteroatoms. The van der Waals surface area contributed by atoms with Crippen molar-refractivity contribution in [2.24, 2.45) is 0 Å². The fourth-order valence-electron chi connectivity index (χ4n) is 3.29. The van der Waals surface area contributed by atoms with Crippen molar-refractivity contribution in [3.63, 3.8) is 0 Å². The first kappa shape index (κ1) is 22.0. The van der Waals surface area contributed by atoms with Crippen LogP contribution in [0.15, 0.2) is 35.9 Å². The van der Waals surface area contributed by atoms with Crippen LogP contribution in [0.5, 0.6) is 5.75 Å². The molecule has 0 aliphatic heterocycles. The molecule has 1 aromatic rings. The number of nitrogens with zero attached hydrogens (tertiary/aromatic N) is 1. The van der Waals surface area contributed by atoms with Crippen molar-refractivity contribution in [3.8, 4) is 5.75 Å². The molecule has 0 spiro atoms. The molecule has 0 unspecified atom stereocenters. The molecule has 0 N–H and O–H groups in total. The lowest BCUT2D eigenvalue weighted by atomic mass is 9.97. The van der Waals surface area contributed by atoms with E-state index < -0.39 is 0 Å². The number of hydrogen-bond acceptors (Lipinski definition) is 4. The molecule has 1 aliphatic carbocycles. The molecule has 5 nitrogen and oxygen atoms in total. The van der Waals surface area contributed by atoms with E-state index in [9.17, 15) is 9.59 Å². The van der Waals surface area contributed by atoms with Gasteiger partial charge in [0.05, 0.1) is 13.0 Å². The Labute approximate surface area is 168 Å². The summed E-state index contributed by atoms with van der Waals surface area (Å²) in [6, 6.07) is 7.80. The number of allylic oxidation sites excluding steroid dienone is 1. The number of aryl methyl sites for hydroxylation is 1. The zero-order valence-electron chi connectivity index (χ0n) is 17.2. The fraction of sp³-hybridized carbons (Fsp3) is 0.565. The van der Waals surface area contributed by atoms with Crippen molar-refractivity contribution in [2.45, 2.75) is 58.8 Å².